The van der Waals surface area contributed by atoms with Crippen LogP contribution in [0, 0.1) is 6.92 Å². The average Bonchev–Trinajstić information content (AvgIpc) is 3.37. The summed E-state index contributed by atoms with van der Waals surface area (Å²) in [5.41, 5.74) is 3.37. The van der Waals surface area contributed by atoms with Gasteiger partial charge in [0, 0.05) is 24.7 Å². The highest BCUT2D eigenvalue weighted by molar-refractivity contribution is 14.0. The molecule has 2 heterocycles. The third-order valence-electron chi connectivity index (χ3n) is 4.95. The zero-order chi connectivity index (χ0) is 22.3. The molecule has 1 aromatic carbocycles. The summed E-state index contributed by atoms with van der Waals surface area (Å²) in [6.45, 7) is 12.5. The van der Waals surface area contributed by atoms with Gasteiger partial charge in [-0.25, -0.2) is 14.7 Å². The minimum atomic E-state index is -0.0514. The maximum atomic E-state index is 5.83. The molecule has 0 radical (unpaired) electrons. The molecular weight excluding hydrogens is 515 g/mol. The molecule has 0 aliphatic rings. The Balaban J connectivity index is 0.00000363. The molecule has 2 N–H and O–H groups in total. The highest BCUT2D eigenvalue weighted by Crippen LogP contribution is 2.22. The van der Waals surface area contributed by atoms with Gasteiger partial charge in [-0.3, -0.25) is 0 Å². The molecule has 0 saturated heterocycles. The number of aromatic nitrogens is 3. The molecule has 32 heavy (non-hydrogen) atoms. The third-order valence-corrected chi connectivity index (χ3v) is 4.95. The Labute approximate surface area is 208 Å². The SMILES string of the molecule is CCNC(=NCc1ncc(C(C)(C)C)o1)NCCCc1cn(-c2ccccc2)nc1C.I. The van der Waals surface area contributed by atoms with E-state index in [1.807, 2.05) is 22.9 Å². The first-order valence-corrected chi connectivity index (χ1v) is 10.9. The van der Waals surface area contributed by atoms with E-state index in [2.05, 4.69) is 78.7 Å². The van der Waals surface area contributed by atoms with Crippen LogP contribution in [-0.2, 0) is 18.4 Å². The van der Waals surface area contributed by atoms with Crippen molar-refractivity contribution >= 4 is 29.9 Å². The lowest BCUT2D eigenvalue weighted by atomic mass is 9.94. The van der Waals surface area contributed by atoms with Crippen molar-refractivity contribution in [2.24, 2.45) is 4.99 Å². The number of aliphatic imine (C=N–C) groups is 1. The number of rotatable bonds is 8. The van der Waals surface area contributed by atoms with Gasteiger partial charge in [-0.05, 0) is 44.4 Å². The highest BCUT2D eigenvalue weighted by Gasteiger charge is 2.19. The zero-order valence-corrected chi connectivity index (χ0v) is 22.0. The smallest absolute Gasteiger partial charge is 0.216 e. The van der Waals surface area contributed by atoms with Gasteiger partial charge in [0.1, 0.15) is 12.3 Å². The van der Waals surface area contributed by atoms with Gasteiger partial charge < -0.3 is 15.1 Å². The Morgan fingerprint density at radius 1 is 1.16 bits per heavy atom. The molecule has 0 unspecified atom stereocenters. The first kappa shape index (κ1) is 25.9. The van der Waals surface area contributed by atoms with Crippen molar-refractivity contribution < 1.29 is 4.42 Å². The van der Waals surface area contributed by atoms with Gasteiger partial charge in [0.15, 0.2) is 5.96 Å². The van der Waals surface area contributed by atoms with Crippen molar-refractivity contribution in [1.82, 2.24) is 25.4 Å². The number of nitrogens with zero attached hydrogens (tertiary/aromatic N) is 4. The predicted molar refractivity (Wildman–Crippen MR) is 140 cm³/mol. The fourth-order valence-corrected chi connectivity index (χ4v) is 3.16. The number of halogens is 1. The van der Waals surface area contributed by atoms with Crippen molar-refractivity contribution in [2.45, 2.75) is 59.4 Å². The van der Waals surface area contributed by atoms with E-state index in [0.717, 1.165) is 49.0 Å². The third kappa shape index (κ3) is 7.36. The second kappa shape index (κ2) is 12.0. The minimum Gasteiger partial charge on any atom is -0.443 e. The van der Waals surface area contributed by atoms with Crippen LogP contribution in [-0.4, -0.2) is 33.8 Å². The van der Waals surface area contributed by atoms with Crippen LogP contribution in [0.5, 0.6) is 0 Å². The first-order chi connectivity index (χ1) is 14.9. The normalized spacial score (nSPS) is 11.8. The van der Waals surface area contributed by atoms with Crippen LogP contribution in [0.3, 0.4) is 0 Å². The van der Waals surface area contributed by atoms with Gasteiger partial charge in [-0.1, -0.05) is 39.0 Å². The standard InChI is InChI=1S/C24H34N6O.HI/c1-6-25-23(28-16-22-27-15-21(31-22)24(3,4)5)26-14-10-11-19-17-30(29-18(19)2)20-12-8-7-9-13-20;/h7-9,12-13,15,17H,6,10-11,14,16H2,1-5H3,(H2,25,26,28);1H. The maximum absolute atomic E-state index is 5.83. The van der Waals surface area contributed by atoms with Crippen LogP contribution in [0.4, 0.5) is 0 Å². The lowest BCUT2D eigenvalue weighted by Crippen LogP contribution is -2.37. The second-order valence-corrected chi connectivity index (χ2v) is 8.61. The van der Waals surface area contributed by atoms with Gasteiger partial charge >= 0.3 is 0 Å². The first-order valence-electron chi connectivity index (χ1n) is 10.9. The molecule has 7 nitrogen and oxygen atoms in total. The number of benzene rings is 1. The number of aryl methyl sites for hydroxylation is 2. The van der Waals surface area contributed by atoms with Crippen LogP contribution in [0.2, 0.25) is 0 Å². The Morgan fingerprint density at radius 3 is 2.56 bits per heavy atom. The maximum Gasteiger partial charge on any atom is 0.216 e. The van der Waals surface area contributed by atoms with Crippen LogP contribution in [0.1, 0.15) is 57.0 Å². The van der Waals surface area contributed by atoms with Crippen molar-refractivity contribution in [3.05, 3.63) is 65.6 Å². The molecule has 2 aromatic heterocycles. The molecule has 0 spiro atoms. The van der Waals surface area contributed by atoms with Crippen molar-refractivity contribution in [3.63, 3.8) is 0 Å². The van der Waals surface area contributed by atoms with E-state index in [1.165, 1.54) is 5.56 Å². The topological polar surface area (TPSA) is 80.3 Å². The molecule has 0 amide bonds. The van der Waals surface area contributed by atoms with E-state index in [4.69, 9.17) is 4.42 Å². The van der Waals surface area contributed by atoms with E-state index in [9.17, 15) is 0 Å². The fraction of sp³-hybridized carbons (Fsp3) is 0.458. The number of oxazole rings is 1. The average molecular weight is 550 g/mol. The largest absolute Gasteiger partial charge is 0.443 e. The number of hydrogen-bond acceptors (Lipinski definition) is 4. The minimum absolute atomic E-state index is 0. The number of nitrogens with one attached hydrogen (secondary N) is 2. The summed E-state index contributed by atoms with van der Waals surface area (Å²) in [7, 11) is 0. The Morgan fingerprint density at radius 2 is 1.91 bits per heavy atom. The monoisotopic (exact) mass is 550 g/mol. The van der Waals surface area contributed by atoms with E-state index in [-0.39, 0.29) is 29.4 Å². The number of hydrogen-bond donors (Lipinski definition) is 2. The number of para-hydroxylation sites is 1. The Hall–Kier alpha value is -2.36. The quantitative estimate of drug-likeness (QED) is 0.183. The zero-order valence-electron chi connectivity index (χ0n) is 19.7. The van der Waals surface area contributed by atoms with E-state index in [1.54, 1.807) is 6.20 Å². The molecule has 0 aliphatic carbocycles. The van der Waals surface area contributed by atoms with Gasteiger partial charge in [0.05, 0.1) is 17.6 Å². The number of guanidine groups is 1. The molecule has 8 heteroatoms. The van der Waals surface area contributed by atoms with Gasteiger partial charge in [0.2, 0.25) is 5.89 Å². The second-order valence-electron chi connectivity index (χ2n) is 8.61. The summed E-state index contributed by atoms with van der Waals surface area (Å²) in [6, 6.07) is 10.2. The summed E-state index contributed by atoms with van der Waals surface area (Å²) >= 11 is 0. The summed E-state index contributed by atoms with van der Waals surface area (Å²) in [5.74, 6) is 2.28. The predicted octanol–water partition coefficient (Wildman–Crippen LogP) is 4.77. The van der Waals surface area contributed by atoms with E-state index >= 15 is 0 Å². The van der Waals surface area contributed by atoms with Crippen LogP contribution in [0.15, 0.2) is 52.1 Å². The molecule has 3 aromatic rings. The van der Waals surface area contributed by atoms with Crippen molar-refractivity contribution in [1.29, 1.82) is 0 Å². The van der Waals surface area contributed by atoms with E-state index < -0.39 is 0 Å². The van der Waals surface area contributed by atoms with Crippen LogP contribution < -0.4 is 10.6 Å². The van der Waals surface area contributed by atoms with Gasteiger partial charge in [-0.2, -0.15) is 5.10 Å². The summed E-state index contributed by atoms with van der Waals surface area (Å²) in [6.07, 6.45) is 5.86. The fourth-order valence-electron chi connectivity index (χ4n) is 3.16. The lowest BCUT2D eigenvalue weighted by molar-refractivity contribution is 0.383. The molecule has 0 saturated carbocycles. The molecule has 0 aliphatic heterocycles. The highest BCUT2D eigenvalue weighted by atomic mass is 127. The lowest BCUT2D eigenvalue weighted by Gasteiger charge is -2.13. The summed E-state index contributed by atoms with van der Waals surface area (Å²) in [4.78, 5) is 8.96. The summed E-state index contributed by atoms with van der Waals surface area (Å²) in [5, 5.41) is 11.3. The van der Waals surface area contributed by atoms with Gasteiger partial charge in [0.25, 0.3) is 0 Å². The van der Waals surface area contributed by atoms with Gasteiger partial charge in [-0.15, -0.1) is 24.0 Å². The molecule has 0 bridgehead atoms. The molecule has 0 fully saturated rings. The van der Waals surface area contributed by atoms with Crippen LogP contribution in [0.25, 0.3) is 5.69 Å². The molecule has 174 valence electrons. The van der Waals surface area contributed by atoms with Crippen LogP contribution >= 0.6 is 24.0 Å². The van der Waals surface area contributed by atoms with Crippen molar-refractivity contribution in [3.8, 4) is 5.69 Å². The van der Waals surface area contributed by atoms with Crippen molar-refractivity contribution in [2.75, 3.05) is 13.1 Å². The summed E-state index contributed by atoms with van der Waals surface area (Å²) < 4.78 is 7.78. The Bertz CT molecular complexity index is 988. The molecular formula is C24H35IN6O. The molecule has 0 atom stereocenters. The Kier molecular flexibility index (Phi) is 9.74. The molecule has 3 rings (SSSR count). The van der Waals surface area contributed by atoms with E-state index in [0.29, 0.717) is 12.4 Å².